The summed E-state index contributed by atoms with van der Waals surface area (Å²) in [7, 11) is -1.51. The zero-order valence-electron chi connectivity index (χ0n) is 46.6. The fourth-order valence-corrected chi connectivity index (χ4v) is 10.5. The van der Waals surface area contributed by atoms with Crippen molar-refractivity contribution in [1.29, 1.82) is 0 Å². The summed E-state index contributed by atoms with van der Waals surface area (Å²) in [5.74, 6) is 6.91. The van der Waals surface area contributed by atoms with Gasteiger partial charge in [-0.15, -0.1) is 0 Å². The van der Waals surface area contributed by atoms with Gasteiger partial charge >= 0.3 is 0 Å². The number of likely N-dealkylation sites (N-methyl/N-ethyl adjacent to an activating group) is 2. The summed E-state index contributed by atoms with van der Waals surface area (Å²) in [5.41, 5.74) is 10.9. The third-order valence-electron chi connectivity index (χ3n) is 12.8. The summed E-state index contributed by atoms with van der Waals surface area (Å²) in [6.45, 7) is 13.3. The average Bonchev–Trinajstić information content (AvgIpc) is 3.41. The van der Waals surface area contributed by atoms with Gasteiger partial charge in [0.05, 0.1) is 97.9 Å². The molecule has 0 saturated carbocycles. The van der Waals surface area contributed by atoms with Crippen molar-refractivity contribution in [3.63, 3.8) is 0 Å². The summed E-state index contributed by atoms with van der Waals surface area (Å²) in [5, 5.41) is 5.92. The van der Waals surface area contributed by atoms with Crippen LogP contribution in [-0.4, -0.2) is 190 Å². The Morgan fingerprint density at radius 1 is 0.714 bits per heavy atom. The number of nitrogens with two attached hydrogens (primary N) is 1. The van der Waals surface area contributed by atoms with Gasteiger partial charge in [-0.2, -0.15) is 0 Å². The quantitative estimate of drug-likeness (QED) is 0.0221. The van der Waals surface area contributed by atoms with Gasteiger partial charge in [-0.3, -0.25) is 33.4 Å². The van der Waals surface area contributed by atoms with Crippen LogP contribution in [0.4, 0.5) is 0 Å². The standard InChI is InChI=1S/C54H82N11O9P3/c1-41-31-42(13-16-49(41)74-30-10-19-55)11-12-43-32-46(58-52(35-43)75(7,68)69)38-62-23-25-63(39-47-33-44(36-53(59-47)76(8,70)71)14-17-50(66)56-20-22-61(2)3)27-28-64(26-24-62)40-48-34-45(37-54(60-48)77(9,72)73)15-18-51(67)57-21-29-65(4,5)6/h13,16,31-37H,10,14-15,17-30,38-40,55H2,1-9H3,(H4-,56,57,66,67,68,69,70,71,72,73)/p+1. The van der Waals surface area contributed by atoms with Crippen molar-refractivity contribution in [2.24, 2.45) is 5.73 Å². The van der Waals surface area contributed by atoms with Crippen molar-refractivity contribution in [2.75, 3.05) is 134 Å². The molecular formula is C54H83N11O9P3+. The van der Waals surface area contributed by atoms with E-state index in [1.165, 1.54) is 18.2 Å². The molecule has 0 bridgehead atoms. The number of benzene rings is 1. The Kier molecular flexibility index (Phi) is 23.7. The second kappa shape index (κ2) is 29.0. The van der Waals surface area contributed by atoms with Crippen LogP contribution in [-0.2, 0) is 55.8 Å². The van der Waals surface area contributed by atoms with Gasteiger partial charge in [-0.05, 0) is 111 Å². The number of aromatic nitrogens is 3. The molecule has 0 spiro atoms. The smallest absolute Gasteiger partial charge is 0.244 e. The van der Waals surface area contributed by atoms with Gasteiger partial charge in [0.2, 0.25) is 26.6 Å². The van der Waals surface area contributed by atoms with Gasteiger partial charge in [0.1, 0.15) is 16.6 Å². The summed E-state index contributed by atoms with van der Waals surface area (Å²) in [6, 6.07) is 15.9. The van der Waals surface area contributed by atoms with Crippen LogP contribution in [0.1, 0.15) is 64.2 Å². The Bertz CT molecular complexity index is 2850. The monoisotopic (exact) mass is 1120 g/mol. The summed E-state index contributed by atoms with van der Waals surface area (Å²) < 4.78 is 46.0. The first-order valence-corrected chi connectivity index (χ1v) is 32.6. The van der Waals surface area contributed by atoms with Crippen LogP contribution < -0.4 is 47.2 Å². The lowest BCUT2D eigenvalue weighted by Crippen LogP contribution is -3.06. The second-order valence-electron chi connectivity index (χ2n) is 21.7. The lowest BCUT2D eigenvalue weighted by atomic mass is 10.1. The highest BCUT2D eigenvalue weighted by Gasteiger charge is 2.24. The zero-order chi connectivity index (χ0) is 56.6. The fourth-order valence-electron chi connectivity index (χ4n) is 8.39. The second-order valence-corrected chi connectivity index (χ2v) is 28.3. The Morgan fingerprint density at radius 2 is 1.18 bits per heavy atom. The first-order valence-electron chi connectivity index (χ1n) is 26.3. The van der Waals surface area contributed by atoms with Gasteiger partial charge < -0.3 is 49.7 Å². The molecule has 23 heteroatoms. The molecule has 1 aliphatic rings. The van der Waals surface area contributed by atoms with Gasteiger partial charge in [0, 0.05) is 96.2 Å². The number of carbonyl (C=O) groups excluding carboxylic acids is 2. The highest BCUT2D eigenvalue weighted by Crippen LogP contribution is 2.34. The number of hydrogen-bond donors (Lipinski definition) is 6. The van der Waals surface area contributed by atoms with Crippen LogP contribution in [0.25, 0.3) is 0 Å². The van der Waals surface area contributed by atoms with E-state index < -0.39 is 22.1 Å². The minimum atomic E-state index is -4.05. The molecule has 1 saturated heterocycles. The van der Waals surface area contributed by atoms with Crippen molar-refractivity contribution in [1.82, 2.24) is 40.3 Å². The molecule has 4 heterocycles. The molecule has 3 aromatic heterocycles. The SMILES string of the molecule is Cc1cc(C#Cc2cc(CN3CCN(Cc4cc(CCC(=O)NCC[N+](C)(C)C)cc(P(C)(=O)[O-])n4)CCN(Cc4cc(CCC(=O)NCC[NH+](C)C)cc(P(C)(=O)O)n4)CC3)nc(P(C)(=O)O)c2)ccc1OCCCN. The molecule has 3 unspecified atom stereocenters. The number of ether oxygens (including phenoxy) is 1. The van der Waals surface area contributed by atoms with Crippen molar-refractivity contribution in [3.8, 4) is 17.6 Å². The van der Waals surface area contributed by atoms with Crippen molar-refractivity contribution >= 4 is 50.2 Å². The number of amides is 2. The van der Waals surface area contributed by atoms with E-state index in [-0.39, 0.29) is 47.5 Å². The molecule has 20 nitrogen and oxygen atoms in total. The molecule has 1 fully saturated rings. The maximum Gasteiger partial charge on any atom is 0.244 e. The molecule has 1 aromatic carbocycles. The van der Waals surface area contributed by atoms with Gasteiger partial charge in [0.15, 0.2) is 0 Å². The number of carbonyl (C=O) groups is 2. The number of hydrogen-bond acceptors (Lipinski definition) is 14. The molecule has 5 rings (SSSR count). The average molecular weight is 1120 g/mol. The van der Waals surface area contributed by atoms with E-state index in [4.69, 9.17) is 15.5 Å². The molecule has 0 aliphatic carbocycles. The number of rotatable bonds is 25. The van der Waals surface area contributed by atoms with E-state index in [0.717, 1.165) is 48.6 Å². The third-order valence-corrected chi connectivity index (χ3v) is 16.0. The molecule has 7 N–H and O–H groups in total. The lowest BCUT2D eigenvalue weighted by molar-refractivity contribution is -0.869. The predicted molar refractivity (Wildman–Crippen MR) is 302 cm³/mol. The third kappa shape index (κ3) is 22.9. The van der Waals surface area contributed by atoms with Crippen molar-refractivity contribution in [3.05, 3.63) is 99.5 Å². The van der Waals surface area contributed by atoms with E-state index in [1.54, 1.807) is 18.2 Å². The zero-order valence-corrected chi connectivity index (χ0v) is 49.3. The Morgan fingerprint density at radius 3 is 1.65 bits per heavy atom. The van der Waals surface area contributed by atoms with Crippen LogP contribution in [0.5, 0.6) is 5.75 Å². The van der Waals surface area contributed by atoms with E-state index >= 15 is 0 Å². The highest BCUT2D eigenvalue weighted by atomic mass is 31.2. The van der Waals surface area contributed by atoms with Gasteiger partial charge in [-0.1, -0.05) is 11.8 Å². The minimum absolute atomic E-state index is 0.0348. The first-order chi connectivity index (χ1) is 36.1. The van der Waals surface area contributed by atoms with Gasteiger partial charge in [0.25, 0.3) is 0 Å². The molecule has 1 aliphatic heterocycles. The summed E-state index contributed by atoms with van der Waals surface area (Å²) in [4.78, 5) is 82.2. The minimum Gasteiger partial charge on any atom is -0.795 e. The maximum atomic E-state index is 13.2. The topological polar surface area (TPSA) is 261 Å². The Hall–Kier alpha value is -4.70. The highest BCUT2D eigenvalue weighted by molar-refractivity contribution is 7.65. The van der Waals surface area contributed by atoms with E-state index in [0.29, 0.717) is 124 Å². The molecule has 2 amide bonds. The van der Waals surface area contributed by atoms with Crippen molar-refractivity contribution < 1.29 is 52.1 Å². The summed E-state index contributed by atoms with van der Waals surface area (Å²) >= 11 is 0. The number of quaternary nitrogens is 2. The van der Waals surface area contributed by atoms with E-state index in [9.17, 15) is 38.0 Å². The van der Waals surface area contributed by atoms with Crippen LogP contribution in [0.2, 0.25) is 0 Å². The van der Waals surface area contributed by atoms with Gasteiger partial charge in [-0.25, -0.2) is 15.0 Å². The van der Waals surface area contributed by atoms with Crippen LogP contribution in [0.3, 0.4) is 0 Å². The Labute approximate surface area is 456 Å². The molecule has 77 heavy (non-hydrogen) atoms. The van der Waals surface area contributed by atoms with Crippen LogP contribution >= 0.6 is 22.1 Å². The normalized spacial score (nSPS) is 16.4. The molecular weight excluding hydrogens is 1040 g/mol. The first kappa shape index (κ1) is 63.1. The van der Waals surface area contributed by atoms with E-state index in [1.807, 2.05) is 78.6 Å². The maximum absolute atomic E-state index is 13.2. The molecule has 0 radical (unpaired) electrons. The Balaban J connectivity index is 1.46. The predicted octanol–water partition coefficient (Wildman–Crippen LogP) is 0.0202. The molecule has 3 atom stereocenters. The number of nitrogens with zero attached hydrogens (tertiary/aromatic N) is 7. The number of pyridine rings is 3. The summed E-state index contributed by atoms with van der Waals surface area (Å²) in [6.07, 6.45) is 1.78. The fraction of sp³-hybridized carbons (Fsp3) is 0.537. The number of nitrogens with one attached hydrogen (secondary N) is 3. The number of aryl methyl sites for hydroxylation is 3. The van der Waals surface area contributed by atoms with Crippen molar-refractivity contribution in [2.45, 2.75) is 58.7 Å². The molecule has 422 valence electrons. The van der Waals surface area contributed by atoms with Crippen LogP contribution in [0, 0.1) is 18.8 Å². The lowest BCUT2D eigenvalue weighted by Gasteiger charge is -2.26. The molecule has 4 aromatic rings. The largest absolute Gasteiger partial charge is 0.795 e. The van der Waals surface area contributed by atoms with Crippen LogP contribution in [0.15, 0.2) is 54.6 Å². The van der Waals surface area contributed by atoms with E-state index in [2.05, 4.69) is 47.1 Å².